The van der Waals surface area contributed by atoms with E-state index in [1.807, 2.05) is 13.0 Å². The fourth-order valence-electron chi connectivity index (χ4n) is 2.19. The van der Waals surface area contributed by atoms with Crippen molar-refractivity contribution in [3.8, 4) is 0 Å². The van der Waals surface area contributed by atoms with Crippen molar-refractivity contribution >= 4 is 39.3 Å². The minimum Gasteiger partial charge on any atom is -0.345 e. The number of hydrogen-bond acceptors (Lipinski definition) is 3. The van der Waals surface area contributed by atoms with Crippen molar-refractivity contribution in [2.24, 2.45) is 0 Å². The molecule has 7 heteroatoms. The number of amides is 3. The van der Waals surface area contributed by atoms with Crippen molar-refractivity contribution in [1.82, 2.24) is 10.6 Å². The van der Waals surface area contributed by atoms with Crippen LogP contribution in [0.4, 0.5) is 5.69 Å². The van der Waals surface area contributed by atoms with E-state index in [1.165, 1.54) is 0 Å². The normalized spacial score (nSPS) is 11.3. The molecular formula is C19H20BrN3O3. The van der Waals surface area contributed by atoms with Gasteiger partial charge in [-0.15, -0.1) is 0 Å². The number of aryl methyl sites for hydroxylation is 1. The highest BCUT2D eigenvalue weighted by Gasteiger charge is 2.17. The van der Waals surface area contributed by atoms with Crippen molar-refractivity contribution in [2.45, 2.75) is 19.9 Å². The molecule has 26 heavy (non-hydrogen) atoms. The lowest BCUT2D eigenvalue weighted by Crippen LogP contribution is -2.46. The van der Waals surface area contributed by atoms with Gasteiger partial charge in [0.25, 0.3) is 5.91 Å². The lowest BCUT2D eigenvalue weighted by Gasteiger charge is -2.14. The van der Waals surface area contributed by atoms with Gasteiger partial charge in [-0.25, -0.2) is 0 Å². The molecule has 1 unspecified atom stereocenters. The summed E-state index contributed by atoms with van der Waals surface area (Å²) in [6.07, 6.45) is 0. The van der Waals surface area contributed by atoms with E-state index in [2.05, 4.69) is 31.9 Å². The van der Waals surface area contributed by atoms with Gasteiger partial charge in [-0.05, 0) is 50.2 Å². The first-order valence-corrected chi connectivity index (χ1v) is 8.85. The van der Waals surface area contributed by atoms with Crippen LogP contribution in [0.2, 0.25) is 0 Å². The molecule has 0 saturated heterocycles. The minimum absolute atomic E-state index is 0.181. The van der Waals surface area contributed by atoms with E-state index in [9.17, 15) is 14.4 Å². The van der Waals surface area contributed by atoms with Crippen LogP contribution in [0.25, 0.3) is 0 Å². The Morgan fingerprint density at radius 3 is 2.42 bits per heavy atom. The SMILES string of the molecule is Cc1cccc(C(=O)NC(C)C(=O)NCC(=O)Nc2ccc(Br)cc2)c1. The van der Waals surface area contributed by atoms with Crippen LogP contribution in [0.3, 0.4) is 0 Å². The Kier molecular flexibility index (Phi) is 6.91. The van der Waals surface area contributed by atoms with Crippen molar-refractivity contribution in [1.29, 1.82) is 0 Å². The number of hydrogen-bond donors (Lipinski definition) is 3. The monoisotopic (exact) mass is 417 g/mol. The summed E-state index contributed by atoms with van der Waals surface area (Å²) in [7, 11) is 0. The van der Waals surface area contributed by atoms with E-state index in [-0.39, 0.29) is 18.4 Å². The van der Waals surface area contributed by atoms with Gasteiger partial charge in [0.2, 0.25) is 11.8 Å². The maximum absolute atomic E-state index is 12.1. The van der Waals surface area contributed by atoms with Gasteiger partial charge in [-0.3, -0.25) is 14.4 Å². The predicted octanol–water partition coefficient (Wildman–Crippen LogP) is 2.63. The van der Waals surface area contributed by atoms with Crippen LogP contribution in [0.5, 0.6) is 0 Å². The average Bonchev–Trinajstić information content (AvgIpc) is 2.61. The van der Waals surface area contributed by atoms with Gasteiger partial charge >= 0.3 is 0 Å². The molecule has 6 nitrogen and oxygen atoms in total. The Bertz CT molecular complexity index is 806. The number of carbonyl (C=O) groups excluding carboxylic acids is 3. The molecule has 0 radical (unpaired) electrons. The molecular weight excluding hydrogens is 398 g/mol. The molecule has 2 rings (SSSR count). The van der Waals surface area contributed by atoms with Crippen molar-refractivity contribution in [3.63, 3.8) is 0 Å². The molecule has 1 atom stereocenters. The van der Waals surface area contributed by atoms with Gasteiger partial charge in [0.1, 0.15) is 6.04 Å². The Morgan fingerprint density at radius 1 is 1.08 bits per heavy atom. The van der Waals surface area contributed by atoms with Gasteiger partial charge in [0.15, 0.2) is 0 Å². The highest BCUT2D eigenvalue weighted by Crippen LogP contribution is 2.13. The van der Waals surface area contributed by atoms with Crippen LogP contribution in [-0.2, 0) is 9.59 Å². The van der Waals surface area contributed by atoms with E-state index in [1.54, 1.807) is 49.4 Å². The van der Waals surface area contributed by atoms with Crippen molar-refractivity contribution in [2.75, 3.05) is 11.9 Å². The number of carbonyl (C=O) groups is 3. The maximum Gasteiger partial charge on any atom is 0.251 e. The molecule has 136 valence electrons. The van der Waals surface area contributed by atoms with Crippen LogP contribution in [0.15, 0.2) is 53.0 Å². The first kappa shape index (κ1) is 19.7. The van der Waals surface area contributed by atoms with Crippen LogP contribution in [-0.4, -0.2) is 30.3 Å². The molecule has 3 N–H and O–H groups in total. The van der Waals surface area contributed by atoms with Gasteiger partial charge in [-0.2, -0.15) is 0 Å². The standard InChI is InChI=1S/C19H20BrN3O3/c1-12-4-3-5-14(10-12)19(26)22-13(2)18(25)21-11-17(24)23-16-8-6-15(20)7-9-16/h3-10,13H,11H2,1-2H3,(H,21,25)(H,22,26)(H,23,24). The van der Waals surface area contributed by atoms with Crippen molar-refractivity contribution in [3.05, 3.63) is 64.1 Å². The van der Waals surface area contributed by atoms with Gasteiger partial charge in [0.05, 0.1) is 6.54 Å². The third-order valence-corrected chi connectivity index (χ3v) is 4.10. The molecule has 0 aromatic heterocycles. The first-order chi connectivity index (χ1) is 12.3. The molecule has 2 aromatic rings. The Hall–Kier alpha value is -2.67. The van der Waals surface area contributed by atoms with Crippen LogP contribution < -0.4 is 16.0 Å². The van der Waals surface area contributed by atoms with Gasteiger partial charge in [0, 0.05) is 15.7 Å². The molecule has 0 bridgehead atoms. The van der Waals surface area contributed by atoms with Crippen LogP contribution >= 0.6 is 15.9 Å². The largest absolute Gasteiger partial charge is 0.345 e. The lowest BCUT2D eigenvalue weighted by molar-refractivity contribution is -0.125. The zero-order chi connectivity index (χ0) is 19.1. The molecule has 0 fully saturated rings. The molecule has 3 amide bonds. The van der Waals surface area contributed by atoms with Crippen molar-refractivity contribution < 1.29 is 14.4 Å². The highest BCUT2D eigenvalue weighted by atomic mass is 79.9. The quantitative estimate of drug-likeness (QED) is 0.674. The van der Waals surface area contributed by atoms with Gasteiger partial charge < -0.3 is 16.0 Å². The first-order valence-electron chi connectivity index (χ1n) is 8.06. The summed E-state index contributed by atoms with van der Waals surface area (Å²) in [4.78, 5) is 36.1. The molecule has 0 aliphatic heterocycles. The van der Waals surface area contributed by atoms with E-state index < -0.39 is 11.9 Å². The fourth-order valence-corrected chi connectivity index (χ4v) is 2.46. The van der Waals surface area contributed by atoms with E-state index in [4.69, 9.17) is 0 Å². The summed E-state index contributed by atoms with van der Waals surface area (Å²) < 4.78 is 0.905. The van der Waals surface area contributed by atoms with E-state index >= 15 is 0 Å². The lowest BCUT2D eigenvalue weighted by atomic mass is 10.1. The Balaban J connectivity index is 1.80. The number of benzene rings is 2. The van der Waals surface area contributed by atoms with Gasteiger partial charge in [-0.1, -0.05) is 33.6 Å². The average molecular weight is 418 g/mol. The molecule has 2 aromatic carbocycles. The molecule has 0 saturated carbocycles. The third-order valence-electron chi connectivity index (χ3n) is 3.57. The van der Waals surface area contributed by atoms with E-state index in [0.29, 0.717) is 11.3 Å². The molecule has 0 heterocycles. The third kappa shape index (κ3) is 6.00. The number of anilines is 1. The highest BCUT2D eigenvalue weighted by molar-refractivity contribution is 9.10. The second-order valence-electron chi connectivity index (χ2n) is 5.84. The smallest absolute Gasteiger partial charge is 0.251 e. The molecule has 0 spiro atoms. The second kappa shape index (κ2) is 9.15. The van der Waals surface area contributed by atoms with Crippen LogP contribution in [0.1, 0.15) is 22.8 Å². The minimum atomic E-state index is -0.761. The van der Waals surface area contributed by atoms with E-state index in [0.717, 1.165) is 10.0 Å². The Morgan fingerprint density at radius 2 is 1.77 bits per heavy atom. The zero-order valence-corrected chi connectivity index (χ0v) is 16.1. The fraction of sp³-hybridized carbons (Fsp3) is 0.211. The Labute approximate surface area is 160 Å². The predicted molar refractivity (Wildman–Crippen MR) is 104 cm³/mol. The molecule has 0 aliphatic rings. The van der Waals surface area contributed by atoms with Crippen LogP contribution in [0, 0.1) is 6.92 Å². The zero-order valence-electron chi connectivity index (χ0n) is 14.5. The molecule has 0 aliphatic carbocycles. The topological polar surface area (TPSA) is 87.3 Å². The summed E-state index contributed by atoms with van der Waals surface area (Å²) in [6, 6.07) is 13.4. The maximum atomic E-state index is 12.1. The second-order valence-corrected chi connectivity index (χ2v) is 6.75. The number of nitrogens with one attached hydrogen (secondary N) is 3. The summed E-state index contributed by atoms with van der Waals surface area (Å²) in [6.45, 7) is 3.27. The summed E-state index contributed by atoms with van der Waals surface area (Å²) in [5, 5.41) is 7.80. The summed E-state index contributed by atoms with van der Waals surface area (Å²) in [5.41, 5.74) is 2.07. The number of rotatable bonds is 6. The summed E-state index contributed by atoms with van der Waals surface area (Å²) in [5.74, 6) is -1.12. The number of halogens is 1. The summed E-state index contributed by atoms with van der Waals surface area (Å²) >= 11 is 3.31.